The number of benzene rings is 3. The first kappa shape index (κ1) is 22.9. The number of methoxy groups -OCH3 is 1. The highest BCUT2D eigenvalue weighted by Crippen LogP contribution is 2.31. The zero-order valence-corrected chi connectivity index (χ0v) is 19.1. The van der Waals surface area contributed by atoms with Crippen LogP contribution in [0.3, 0.4) is 0 Å². The van der Waals surface area contributed by atoms with Gasteiger partial charge in [-0.1, -0.05) is 41.4 Å². The molecule has 0 aliphatic heterocycles. The number of hydrogen-bond donors (Lipinski definition) is 1. The number of halogens is 2. The standard InChI is InChI=1S/C22H20Cl2N2O4S/c1-3-26(16-7-5-4-6-8-16)31(28,29)17-10-12-21(30-2)20(14-17)25-22(27)15-9-11-18(23)19(24)13-15/h4-14H,3H2,1-2H3,(H,25,27). The normalized spacial score (nSPS) is 11.1. The van der Waals surface area contributed by atoms with E-state index >= 15 is 0 Å². The molecule has 0 unspecified atom stereocenters. The fraction of sp³-hybridized carbons (Fsp3) is 0.136. The van der Waals surface area contributed by atoms with Crippen LogP contribution in [0.5, 0.6) is 5.75 Å². The Bertz CT molecular complexity index is 1200. The van der Waals surface area contributed by atoms with E-state index in [-0.39, 0.29) is 27.7 Å². The third kappa shape index (κ3) is 4.95. The van der Waals surface area contributed by atoms with E-state index in [9.17, 15) is 13.2 Å². The highest BCUT2D eigenvalue weighted by Gasteiger charge is 2.25. The molecule has 0 spiro atoms. The van der Waals surface area contributed by atoms with Gasteiger partial charge in [0.15, 0.2) is 0 Å². The number of sulfonamides is 1. The number of nitrogens with zero attached hydrogens (tertiary/aromatic N) is 1. The van der Waals surface area contributed by atoms with E-state index in [0.29, 0.717) is 16.5 Å². The highest BCUT2D eigenvalue weighted by atomic mass is 35.5. The second-order valence-corrected chi connectivity index (χ2v) is 9.13. The molecule has 0 atom stereocenters. The van der Waals surface area contributed by atoms with Gasteiger partial charge >= 0.3 is 0 Å². The Morgan fingerprint density at radius 3 is 2.32 bits per heavy atom. The molecule has 9 heteroatoms. The maximum absolute atomic E-state index is 13.3. The summed E-state index contributed by atoms with van der Waals surface area (Å²) in [6.07, 6.45) is 0. The van der Waals surface area contributed by atoms with Gasteiger partial charge in [-0.25, -0.2) is 8.42 Å². The number of amides is 1. The Balaban J connectivity index is 1.98. The Hall–Kier alpha value is -2.74. The molecule has 3 rings (SSSR count). The van der Waals surface area contributed by atoms with Crippen molar-refractivity contribution in [1.29, 1.82) is 0 Å². The minimum Gasteiger partial charge on any atom is -0.495 e. The molecule has 0 saturated heterocycles. The average molecular weight is 479 g/mol. The lowest BCUT2D eigenvalue weighted by atomic mass is 10.2. The number of nitrogens with one attached hydrogen (secondary N) is 1. The van der Waals surface area contributed by atoms with Crippen LogP contribution in [0.2, 0.25) is 10.0 Å². The van der Waals surface area contributed by atoms with Crippen LogP contribution in [0, 0.1) is 0 Å². The number of rotatable bonds is 7. The van der Waals surface area contributed by atoms with Crippen molar-refractivity contribution in [2.75, 3.05) is 23.3 Å². The summed E-state index contributed by atoms with van der Waals surface area (Å²) in [7, 11) is -2.45. The van der Waals surface area contributed by atoms with Crippen LogP contribution in [0.4, 0.5) is 11.4 Å². The molecule has 0 bridgehead atoms. The molecular weight excluding hydrogens is 459 g/mol. The Kier molecular flexibility index (Phi) is 7.10. The first-order chi connectivity index (χ1) is 14.8. The molecule has 3 aromatic carbocycles. The van der Waals surface area contributed by atoms with Gasteiger partial charge < -0.3 is 10.1 Å². The van der Waals surface area contributed by atoms with Crippen molar-refractivity contribution in [2.45, 2.75) is 11.8 Å². The first-order valence-corrected chi connectivity index (χ1v) is 11.5. The predicted octanol–water partition coefficient (Wildman–Crippen LogP) is 5.47. The maximum Gasteiger partial charge on any atom is 0.264 e. The van der Waals surface area contributed by atoms with Gasteiger partial charge in [-0.15, -0.1) is 0 Å². The number of para-hydroxylation sites is 1. The molecule has 3 aromatic rings. The van der Waals surface area contributed by atoms with Crippen molar-refractivity contribution in [3.63, 3.8) is 0 Å². The van der Waals surface area contributed by atoms with Crippen molar-refractivity contribution in [3.05, 3.63) is 82.3 Å². The van der Waals surface area contributed by atoms with E-state index in [0.717, 1.165) is 0 Å². The Morgan fingerprint density at radius 1 is 1.00 bits per heavy atom. The van der Waals surface area contributed by atoms with Crippen molar-refractivity contribution in [2.24, 2.45) is 0 Å². The second kappa shape index (κ2) is 9.60. The number of ether oxygens (including phenoxy) is 1. The number of hydrogen-bond acceptors (Lipinski definition) is 4. The summed E-state index contributed by atoms with van der Waals surface area (Å²) in [6, 6.07) is 17.6. The molecule has 162 valence electrons. The quantitative estimate of drug-likeness (QED) is 0.488. The van der Waals surface area contributed by atoms with Gasteiger partial charge in [0.05, 0.1) is 33.4 Å². The maximum atomic E-state index is 13.3. The molecule has 0 aromatic heterocycles. The smallest absolute Gasteiger partial charge is 0.264 e. The molecule has 0 aliphatic carbocycles. The van der Waals surface area contributed by atoms with Crippen LogP contribution < -0.4 is 14.4 Å². The lowest BCUT2D eigenvalue weighted by molar-refractivity contribution is 0.102. The zero-order chi connectivity index (χ0) is 22.6. The topological polar surface area (TPSA) is 75.7 Å². The van der Waals surface area contributed by atoms with Gasteiger partial charge in [-0.05, 0) is 55.5 Å². The van der Waals surface area contributed by atoms with Crippen LogP contribution in [0.1, 0.15) is 17.3 Å². The van der Waals surface area contributed by atoms with Crippen LogP contribution in [-0.4, -0.2) is 28.0 Å². The number of carbonyl (C=O) groups is 1. The third-order valence-electron chi connectivity index (χ3n) is 4.52. The van der Waals surface area contributed by atoms with E-state index in [1.54, 1.807) is 31.2 Å². The minimum absolute atomic E-state index is 0.0171. The predicted molar refractivity (Wildman–Crippen MR) is 124 cm³/mol. The molecule has 6 nitrogen and oxygen atoms in total. The summed E-state index contributed by atoms with van der Waals surface area (Å²) in [6.45, 7) is 1.99. The molecule has 0 saturated carbocycles. The van der Waals surface area contributed by atoms with Crippen LogP contribution in [0.15, 0.2) is 71.6 Å². The van der Waals surface area contributed by atoms with Gasteiger partial charge in [0.25, 0.3) is 15.9 Å². The fourth-order valence-electron chi connectivity index (χ4n) is 2.99. The van der Waals surface area contributed by atoms with E-state index in [2.05, 4.69) is 5.32 Å². The van der Waals surface area contributed by atoms with Crippen LogP contribution >= 0.6 is 23.2 Å². The molecule has 0 radical (unpaired) electrons. The lowest BCUT2D eigenvalue weighted by Gasteiger charge is -2.23. The molecule has 0 aliphatic rings. The van der Waals surface area contributed by atoms with Crippen molar-refractivity contribution in [3.8, 4) is 5.75 Å². The summed E-state index contributed by atoms with van der Waals surface area (Å²) in [5.41, 5.74) is 1.02. The zero-order valence-electron chi connectivity index (χ0n) is 16.8. The minimum atomic E-state index is -3.88. The lowest BCUT2D eigenvalue weighted by Crippen LogP contribution is -2.30. The fourth-order valence-corrected chi connectivity index (χ4v) is 4.79. The SMILES string of the molecule is CCN(c1ccccc1)S(=O)(=O)c1ccc(OC)c(NC(=O)c2ccc(Cl)c(Cl)c2)c1. The summed E-state index contributed by atoms with van der Waals surface area (Å²) in [4.78, 5) is 12.7. The van der Waals surface area contributed by atoms with E-state index in [1.165, 1.54) is 47.8 Å². The monoisotopic (exact) mass is 478 g/mol. The average Bonchev–Trinajstić information content (AvgIpc) is 2.76. The van der Waals surface area contributed by atoms with Crippen LogP contribution in [0.25, 0.3) is 0 Å². The van der Waals surface area contributed by atoms with Gasteiger partial charge in [-0.3, -0.25) is 9.10 Å². The third-order valence-corrected chi connectivity index (χ3v) is 7.16. The second-order valence-electron chi connectivity index (χ2n) is 6.45. The van der Waals surface area contributed by atoms with Crippen molar-refractivity contribution >= 4 is 50.5 Å². The van der Waals surface area contributed by atoms with Crippen LogP contribution in [-0.2, 0) is 10.0 Å². The highest BCUT2D eigenvalue weighted by molar-refractivity contribution is 7.92. The molecule has 1 amide bonds. The van der Waals surface area contributed by atoms with E-state index < -0.39 is 15.9 Å². The molecule has 0 heterocycles. The van der Waals surface area contributed by atoms with E-state index in [4.69, 9.17) is 27.9 Å². The van der Waals surface area contributed by atoms with Gasteiger partial charge in [0.1, 0.15) is 5.75 Å². The first-order valence-electron chi connectivity index (χ1n) is 9.30. The Labute approximate surface area is 191 Å². The molecular formula is C22H20Cl2N2O4S. The largest absolute Gasteiger partial charge is 0.495 e. The van der Waals surface area contributed by atoms with Crippen molar-refractivity contribution in [1.82, 2.24) is 0 Å². The summed E-state index contributed by atoms with van der Waals surface area (Å²) in [5, 5.41) is 3.24. The van der Waals surface area contributed by atoms with E-state index in [1.807, 2.05) is 6.07 Å². The van der Waals surface area contributed by atoms with Gasteiger partial charge in [0, 0.05) is 12.1 Å². The summed E-state index contributed by atoms with van der Waals surface area (Å²) in [5.74, 6) is -0.169. The number of carbonyl (C=O) groups excluding carboxylic acids is 1. The van der Waals surface area contributed by atoms with Crippen molar-refractivity contribution < 1.29 is 17.9 Å². The summed E-state index contributed by atoms with van der Waals surface area (Å²) < 4.78 is 33.2. The number of anilines is 2. The summed E-state index contributed by atoms with van der Waals surface area (Å²) >= 11 is 11.9. The van der Waals surface area contributed by atoms with Gasteiger partial charge in [-0.2, -0.15) is 0 Å². The molecule has 31 heavy (non-hydrogen) atoms. The van der Waals surface area contributed by atoms with Gasteiger partial charge in [0.2, 0.25) is 0 Å². The Morgan fingerprint density at radius 2 is 1.71 bits per heavy atom. The molecule has 1 N–H and O–H groups in total. The molecule has 0 fully saturated rings.